The third-order valence-corrected chi connectivity index (χ3v) is 4.60. The number of hydrogen-bond acceptors (Lipinski definition) is 3. The van der Waals surface area contributed by atoms with Crippen molar-refractivity contribution < 1.29 is 23.4 Å². The first-order valence-electron chi connectivity index (χ1n) is 7.49. The molecule has 0 bridgehead atoms. The second-order valence-electron chi connectivity index (χ2n) is 5.95. The number of alkyl halides is 1. The zero-order chi connectivity index (χ0) is 17.0. The lowest BCUT2D eigenvalue weighted by Gasteiger charge is -2.32. The van der Waals surface area contributed by atoms with Gasteiger partial charge in [-0.1, -0.05) is 11.6 Å². The van der Waals surface area contributed by atoms with Crippen LogP contribution >= 0.6 is 11.6 Å². The molecule has 0 unspecified atom stereocenters. The molecule has 4 nitrogen and oxygen atoms in total. The number of halogens is 3. The molecule has 0 aromatic heterocycles. The molecule has 1 aromatic carbocycles. The van der Waals surface area contributed by atoms with Crippen LogP contribution in [0.5, 0.6) is 5.75 Å². The van der Waals surface area contributed by atoms with Gasteiger partial charge in [-0.15, -0.1) is 0 Å². The maximum atomic E-state index is 14.6. The minimum atomic E-state index is -1.45. The molecule has 1 saturated carbocycles. The molecule has 1 aliphatic carbocycles. The van der Waals surface area contributed by atoms with E-state index >= 15 is 0 Å². The van der Waals surface area contributed by atoms with Crippen LogP contribution in [0.4, 0.5) is 8.78 Å². The lowest BCUT2D eigenvalue weighted by Crippen LogP contribution is -2.40. The van der Waals surface area contributed by atoms with Gasteiger partial charge in [0.25, 0.3) is 0 Å². The number of aliphatic carboxylic acids is 1. The number of ether oxygens (including phenoxy) is 1. The van der Waals surface area contributed by atoms with E-state index in [1.807, 2.05) is 0 Å². The standard InChI is InChI=1S/C16H20ClF2NO3/c1-23-14-6-11(13(18)7-12(14)17)8-20-9-16(19)4-2-10(3-5-16)15(21)22/h6-7,10,20H,2-5,8-9H2,1H3,(H,21,22). The maximum absolute atomic E-state index is 14.6. The zero-order valence-corrected chi connectivity index (χ0v) is 13.6. The molecule has 7 heteroatoms. The van der Waals surface area contributed by atoms with E-state index in [2.05, 4.69) is 5.32 Å². The van der Waals surface area contributed by atoms with Crippen LogP contribution in [0.3, 0.4) is 0 Å². The molecule has 1 fully saturated rings. The SMILES string of the molecule is COc1cc(CNCC2(F)CCC(C(=O)O)CC2)c(F)cc1Cl. The predicted octanol–water partition coefficient (Wildman–Crippen LogP) is 3.56. The topological polar surface area (TPSA) is 58.6 Å². The van der Waals surface area contributed by atoms with E-state index in [-0.39, 0.29) is 31.0 Å². The van der Waals surface area contributed by atoms with Gasteiger partial charge in [0.1, 0.15) is 17.2 Å². The van der Waals surface area contributed by atoms with Crippen molar-refractivity contribution in [2.45, 2.75) is 37.9 Å². The molecule has 23 heavy (non-hydrogen) atoms. The molecule has 0 radical (unpaired) electrons. The summed E-state index contributed by atoms with van der Waals surface area (Å²) in [4.78, 5) is 10.9. The number of nitrogens with one attached hydrogen (secondary N) is 1. The Labute approximate surface area is 138 Å². The number of carbonyl (C=O) groups is 1. The summed E-state index contributed by atoms with van der Waals surface area (Å²) in [5.41, 5.74) is -1.10. The number of methoxy groups -OCH3 is 1. The van der Waals surface area contributed by atoms with Crippen molar-refractivity contribution in [1.82, 2.24) is 5.32 Å². The lowest BCUT2D eigenvalue weighted by molar-refractivity contribution is -0.143. The summed E-state index contributed by atoms with van der Waals surface area (Å²) in [6.07, 6.45) is 1.06. The summed E-state index contributed by atoms with van der Waals surface area (Å²) >= 11 is 5.83. The average molecular weight is 348 g/mol. The quantitative estimate of drug-likeness (QED) is 0.826. The van der Waals surface area contributed by atoms with E-state index in [1.165, 1.54) is 19.2 Å². The largest absolute Gasteiger partial charge is 0.495 e. The number of carboxylic acid groups (broad SMARTS) is 1. The van der Waals surface area contributed by atoms with Crippen molar-refractivity contribution in [3.63, 3.8) is 0 Å². The van der Waals surface area contributed by atoms with Crippen molar-refractivity contribution in [2.24, 2.45) is 5.92 Å². The average Bonchev–Trinajstić information content (AvgIpc) is 2.50. The number of hydrogen-bond donors (Lipinski definition) is 2. The Balaban J connectivity index is 1.89. The summed E-state index contributed by atoms with van der Waals surface area (Å²) in [6.45, 7) is 0.205. The van der Waals surface area contributed by atoms with Gasteiger partial charge in [0.2, 0.25) is 0 Å². The number of carboxylic acids is 1. The van der Waals surface area contributed by atoms with Crippen LogP contribution in [0.2, 0.25) is 5.02 Å². The molecule has 0 heterocycles. The highest BCUT2D eigenvalue weighted by Gasteiger charge is 2.37. The molecule has 128 valence electrons. The Bertz CT molecular complexity index is 575. The van der Waals surface area contributed by atoms with Gasteiger partial charge in [-0.25, -0.2) is 8.78 Å². The summed E-state index contributed by atoms with van der Waals surface area (Å²) in [7, 11) is 1.44. The van der Waals surface area contributed by atoms with Gasteiger partial charge in [0.15, 0.2) is 0 Å². The van der Waals surface area contributed by atoms with E-state index in [0.29, 0.717) is 24.2 Å². The van der Waals surface area contributed by atoms with Crippen molar-refractivity contribution in [3.05, 3.63) is 28.5 Å². The van der Waals surface area contributed by atoms with E-state index < -0.39 is 23.4 Å². The van der Waals surface area contributed by atoms with Gasteiger partial charge < -0.3 is 15.2 Å². The Morgan fingerprint density at radius 2 is 2.13 bits per heavy atom. The molecule has 0 saturated heterocycles. The van der Waals surface area contributed by atoms with Crippen LogP contribution in [0.25, 0.3) is 0 Å². The van der Waals surface area contributed by atoms with Crippen LogP contribution in [-0.4, -0.2) is 30.4 Å². The van der Waals surface area contributed by atoms with E-state index in [4.69, 9.17) is 21.4 Å². The van der Waals surface area contributed by atoms with Crippen LogP contribution in [0, 0.1) is 11.7 Å². The zero-order valence-electron chi connectivity index (χ0n) is 12.9. The van der Waals surface area contributed by atoms with E-state index in [9.17, 15) is 13.6 Å². The van der Waals surface area contributed by atoms with E-state index in [0.717, 1.165) is 0 Å². The third kappa shape index (κ3) is 4.54. The fraction of sp³-hybridized carbons (Fsp3) is 0.562. The first-order chi connectivity index (χ1) is 10.8. The van der Waals surface area contributed by atoms with Crippen LogP contribution in [0.15, 0.2) is 12.1 Å². The van der Waals surface area contributed by atoms with Crippen LogP contribution in [-0.2, 0) is 11.3 Å². The molecule has 0 amide bonds. The highest BCUT2D eigenvalue weighted by molar-refractivity contribution is 6.32. The second-order valence-corrected chi connectivity index (χ2v) is 6.35. The molecule has 1 aliphatic rings. The number of rotatable bonds is 6. The number of benzene rings is 1. The van der Waals surface area contributed by atoms with Gasteiger partial charge in [0, 0.05) is 18.7 Å². The molecule has 2 rings (SSSR count). The highest BCUT2D eigenvalue weighted by atomic mass is 35.5. The Morgan fingerprint density at radius 3 is 2.70 bits per heavy atom. The Kier molecular flexibility index (Phi) is 5.81. The molecule has 0 spiro atoms. The lowest BCUT2D eigenvalue weighted by atomic mass is 9.80. The van der Waals surface area contributed by atoms with Crippen LogP contribution < -0.4 is 10.1 Å². The van der Waals surface area contributed by atoms with Crippen molar-refractivity contribution in [2.75, 3.05) is 13.7 Å². The predicted molar refractivity (Wildman–Crippen MR) is 83.1 cm³/mol. The molecule has 1 aromatic rings. The summed E-state index contributed by atoms with van der Waals surface area (Å²) < 4.78 is 33.5. The maximum Gasteiger partial charge on any atom is 0.306 e. The Morgan fingerprint density at radius 1 is 1.48 bits per heavy atom. The van der Waals surface area contributed by atoms with Crippen molar-refractivity contribution in [3.8, 4) is 5.75 Å². The first kappa shape index (κ1) is 17.9. The molecule has 0 aliphatic heterocycles. The van der Waals surface area contributed by atoms with Crippen LogP contribution in [0.1, 0.15) is 31.2 Å². The molecule has 0 atom stereocenters. The molecule has 2 N–H and O–H groups in total. The third-order valence-electron chi connectivity index (χ3n) is 4.31. The van der Waals surface area contributed by atoms with Gasteiger partial charge in [0.05, 0.1) is 18.1 Å². The highest BCUT2D eigenvalue weighted by Crippen LogP contribution is 2.35. The monoisotopic (exact) mass is 347 g/mol. The molecular formula is C16H20ClF2NO3. The minimum absolute atomic E-state index is 0.0592. The van der Waals surface area contributed by atoms with Gasteiger partial charge in [-0.05, 0) is 37.8 Å². The van der Waals surface area contributed by atoms with Crippen molar-refractivity contribution >= 4 is 17.6 Å². The summed E-state index contributed by atoms with van der Waals surface area (Å²) in [6, 6.07) is 2.65. The minimum Gasteiger partial charge on any atom is -0.495 e. The second kappa shape index (κ2) is 7.45. The van der Waals surface area contributed by atoms with Crippen molar-refractivity contribution in [1.29, 1.82) is 0 Å². The molecular weight excluding hydrogens is 328 g/mol. The fourth-order valence-electron chi connectivity index (χ4n) is 2.84. The Hall–Kier alpha value is -1.40. The van der Waals surface area contributed by atoms with E-state index in [1.54, 1.807) is 0 Å². The van der Waals surface area contributed by atoms with Gasteiger partial charge >= 0.3 is 5.97 Å². The normalized spacial score (nSPS) is 24.4. The summed E-state index contributed by atoms with van der Waals surface area (Å²) in [5, 5.41) is 12.0. The van der Waals surface area contributed by atoms with Gasteiger partial charge in [-0.2, -0.15) is 0 Å². The first-order valence-corrected chi connectivity index (χ1v) is 7.87. The summed E-state index contributed by atoms with van der Waals surface area (Å²) in [5.74, 6) is -1.44. The van der Waals surface area contributed by atoms with Gasteiger partial charge in [-0.3, -0.25) is 4.79 Å². The fourth-order valence-corrected chi connectivity index (χ4v) is 3.07. The smallest absolute Gasteiger partial charge is 0.306 e.